The summed E-state index contributed by atoms with van der Waals surface area (Å²) in [7, 11) is 1.46. The normalized spacial score (nSPS) is 29.6. The fourth-order valence-electron chi connectivity index (χ4n) is 3.56. The topological polar surface area (TPSA) is 64.6 Å². The van der Waals surface area contributed by atoms with Crippen LogP contribution < -0.4 is 5.32 Å². The van der Waals surface area contributed by atoms with Gasteiger partial charge < -0.3 is 14.8 Å². The number of carbonyl (C=O) groups excluding carboxylic acids is 2. The van der Waals surface area contributed by atoms with E-state index in [-0.39, 0.29) is 12.0 Å². The molecule has 0 heterocycles. The van der Waals surface area contributed by atoms with Gasteiger partial charge in [0, 0.05) is 6.04 Å². The van der Waals surface area contributed by atoms with Crippen LogP contribution in [0.2, 0.25) is 0 Å². The molecule has 2 aliphatic carbocycles. The Bertz CT molecular complexity index is 411. The predicted octanol–water partition coefficient (Wildman–Crippen LogP) is 3.02. The maximum atomic E-state index is 12.3. The van der Waals surface area contributed by atoms with E-state index in [1.54, 1.807) is 0 Å². The number of amides is 1. The number of alkyl carbamates (subject to hydrolysis) is 1. The molecule has 0 spiro atoms. The second kappa shape index (κ2) is 5.85. The Hall–Kier alpha value is -1.26. The van der Waals surface area contributed by atoms with Crippen LogP contribution in [-0.4, -0.2) is 30.8 Å². The quantitative estimate of drug-likeness (QED) is 0.813. The average molecular weight is 297 g/mol. The number of methoxy groups -OCH3 is 1. The molecule has 2 rings (SSSR count). The third kappa shape index (κ3) is 3.50. The highest BCUT2D eigenvalue weighted by atomic mass is 16.6. The lowest BCUT2D eigenvalue weighted by Gasteiger charge is -2.40. The average Bonchev–Trinajstić information content (AvgIpc) is 2.68. The van der Waals surface area contributed by atoms with Crippen LogP contribution in [-0.2, 0) is 14.3 Å². The lowest BCUT2D eigenvalue weighted by molar-refractivity contribution is -0.158. The molecule has 0 unspecified atom stereocenters. The third-order valence-corrected chi connectivity index (χ3v) is 4.75. The Morgan fingerprint density at radius 1 is 1.19 bits per heavy atom. The number of rotatable bonds is 3. The summed E-state index contributed by atoms with van der Waals surface area (Å²) in [6, 6.07) is -0.000417. The summed E-state index contributed by atoms with van der Waals surface area (Å²) < 4.78 is 10.3. The molecule has 2 aliphatic rings. The highest BCUT2D eigenvalue weighted by molar-refractivity contribution is 5.78. The van der Waals surface area contributed by atoms with E-state index < -0.39 is 17.1 Å². The maximum absolute atomic E-state index is 12.3. The fraction of sp³-hybridized carbons (Fsp3) is 0.875. The van der Waals surface area contributed by atoms with Gasteiger partial charge in [-0.3, -0.25) is 4.79 Å². The molecule has 2 saturated carbocycles. The predicted molar refractivity (Wildman–Crippen MR) is 78.8 cm³/mol. The summed E-state index contributed by atoms with van der Waals surface area (Å²) in [6.45, 7) is 5.52. The Morgan fingerprint density at radius 3 is 2.33 bits per heavy atom. The second-order valence-electron chi connectivity index (χ2n) is 7.36. The van der Waals surface area contributed by atoms with Gasteiger partial charge in [0.1, 0.15) is 5.60 Å². The van der Waals surface area contributed by atoms with Gasteiger partial charge >= 0.3 is 12.1 Å². The highest BCUT2D eigenvalue weighted by Gasteiger charge is 2.53. The number of ether oxygens (including phenoxy) is 2. The molecule has 120 valence electrons. The molecule has 0 aromatic rings. The van der Waals surface area contributed by atoms with E-state index in [0.717, 1.165) is 25.7 Å². The molecule has 5 heteroatoms. The standard InChI is InChI=1S/C16H27NO4/c1-15(2,3)21-14(19)17-12-8-9-16(10-12,13(18)20-4)11-6-5-7-11/h11-12H,5-10H2,1-4H3,(H,17,19)/t12-,16+/m1/s1. The summed E-state index contributed by atoms with van der Waals surface area (Å²) in [5.41, 5.74) is -0.900. The van der Waals surface area contributed by atoms with Crippen molar-refractivity contribution in [2.75, 3.05) is 7.11 Å². The molecule has 21 heavy (non-hydrogen) atoms. The van der Waals surface area contributed by atoms with Crippen LogP contribution in [0.4, 0.5) is 4.79 Å². The Balaban J connectivity index is 1.97. The minimum Gasteiger partial charge on any atom is -0.469 e. The van der Waals surface area contributed by atoms with Crippen LogP contribution in [0.1, 0.15) is 59.3 Å². The zero-order valence-corrected chi connectivity index (χ0v) is 13.5. The molecule has 0 bridgehead atoms. The van der Waals surface area contributed by atoms with E-state index in [2.05, 4.69) is 5.32 Å². The van der Waals surface area contributed by atoms with Crippen molar-refractivity contribution < 1.29 is 19.1 Å². The Labute approximate surface area is 126 Å². The van der Waals surface area contributed by atoms with Gasteiger partial charge in [-0.25, -0.2) is 4.79 Å². The van der Waals surface area contributed by atoms with Crippen molar-refractivity contribution in [3.05, 3.63) is 0 Å². The van der Waals surface area contributed by atoms with Gasteiger partial charge in [0.05, 0.1) is 12.5 Å². The van der Waals surface area contributed by atoms with Crippen molar-refractivity contribution in [2.45, 2.75) is 70.9 Å². The number of nitrogens with one attached hydrogen (secondary N) is 1. The maximum Gasteiger partial charge on any atom is 0.407 e. The highest BCUT2D eigenvalue weighted by Crippen LogP contribution is 2.52. The third-order valence-electron chi connectivity index (χ3n) is 4.75. The van der Waals surface area contributed by atoms with Gasteiger partial charge in [-0.15, -0.1) is 0 Å². The van der Waals surface area contributed by atoms with Crippen molar-refractivity contribution in [1.29, 1.82) is 0 Å². The molecular formula is C16H27NO4. The fourth-order valence-corrected chi connectivity index (χ4v) is 3.56. The van der Waals surface area contributed by atoms with E-state index in [1.165, 1.54) is 13.5 Å². The number of esters is 1. The van der Waals surface area contributed by atoms with Gasteiger partial charge in [-0.2, -0.15) is 0 Å². The van der Waals surface area contributed by atoms with Gasteiger partial charge in [-0.05, 0) is 58.8 Å². The van der Waals surface area contributed by atoms with Crippen molar-refractivity contribution in [3.8, 4) is 0 Å². The summed E-state index contributed by atoms with van der Waals surface area (Å²) in [5.74, 6) is 0.302. The van der Waals surface area contributed by atoms with Gasteiger partial charge in [0.25, 0.3) is 0 Å². The van der Waals surface area contributed by atoms with Crippen molar-refractivity contribution in [2.24, 2.45) is 11.3 Å². The van der Waals surface area contributed by atoms with Crippen LogP contribution in [0.15, 0.2) is 0 Å². The van der Waals surface area contributed by atoms with Crippen LogP contribution in [0.5, 0.6) is 0 Å². The molecule has 1 amide bonds. The second-order valence-corrected chi connectivity index (χ2v) is 7.36. The van der Waals surface area contributed by atoms with E-state index in [4.69, 9.17) is 9.47 Å². The van der Waals surface area contributed by atoms with Gasteiger partial charge in [0.15, 0.2) is 0 Å². The van der Waals surface area contributed by atoms with E-state index in [9.17, 15) is 9.59 Å². The summed E-state index contributed by atoms with van der Waals surface area (Å²) in [4.78, 5) is 24.1. The van der Waals surface area contributed by atoms with Crippen LogP contribution >= 0.6 is 0 Å². The van der Waals surface area contributed by atoms with Gasteiger partial charge in [-0.1, -0.05) is 6.42 Å². The molecule has 0 aromatic heterocycles. The number of hydrogen-bond donors (Lipinski definition) is 1. The largest absolute Gasteiger partial charge is 0.469 e. The first-order chi connectivity index (χ1) is 9.77. The van der Waals surface area contributed by atoms with E-state index in [0.29, 0.717) is 12.3 Å². The minimum atomic E-state index is -0.504. The molecule has 2 atom stereocenters. The summed E-state index contributed by atoms with van der Waals surface area (Å²) in [6.07, 6.45) is 5.25. The van der Waals surface area contributed by atoms with Gasteiger partial charge in [0.2, 0.25) is 0 Å². The van der Waals surface area contributed by atoms with Crippen LogP contribution in [0.25, 0.3) is 0 Å². The molecule has 5 nitrogen and oxygen atoms in total. The molecular weight excluding hydrogens is 270 g/mol. The lowest BCUT2D eigenvalue weighted by Crippen LogP contribution is -2.43. The Morgan fingerprint density at radius 2 is 1.86 bits per heavy atom. The lowest BCUT2D eigenvalue weighted by atomic mass is 9.64. The first-order valence-corrected chi connectivity index (χ1v) is 7.85. The number of carbonyl (C=O) groups is 2. The number of hydrogen-bond acceptors (Lipinski definition) is 4. The Kier molecular flexibility index (Phi) is 4.49. The van der Waals surface area contributed by atoms with Crippen LogP contribution in [0.3, 0.4) is 0 Å². The first-order valence-electron chi connectivity index (χ1n) is 7.85. The van der Waals surface area contributed by atoms with E-state index >= 15 is 0 Å². The minimum absolute atomic E-state index is 0.000417. The smallest absolute Gasteiger partial charge is 0.407 e. The molecule has 1 N–H and O–H groups in total. The molecule has 0 saturated heterocycles. The zero-order valence-electron chi connectivity index (χ0n) is 13.5. The first kappa shape index (κ1) is 16.1. The summed E-state index contributed by atoms with van der Waals surface area (Å²) >= 11 is 0. The van der Waals surface area contributed by atoms with Crippen molar-refractivity contribution in [3.63, 3.8) is 0 Å². The zero-order chi connectivity index (χ0) is 15.7. The summed E-state index contributed by atoms with van der Waals surface area (Å²) in [5, 5.41) is 2.90. The monoisotopic (exact) mass is 297 g/mol. The molecule has 0 radical (unpaired) electrons. The van der Waals surface area contributed by atoms with E-state index in [1.807, 2.05) is 20.8 Å². The van der Waals surface area contributed by atoms with Crippen LogP contribution in [0, 0.1) is 11.3 Å². The SMILES string of the molecule is COC(=O)[C@@]1(C2CCC2)CC[C@@H](NC(=O)OC(C)(C)C)C1. The molecule has 0 aliphatic heterocycles. The molecule has 0 aromatic carbocycles. The van der Waals surface area contributed by atoms with Crippen molar-refractivity contribution >= 4 is 12.1 Å². The molecule has 2 fully saturated rings. The van der Waals surface area contributed by atoms with Crippen molar-refractivity contribution in [1.82, 2.24) is 5.32 Å².